The number of ether oxygens (including phenoxy) is 1. The predicted octanol–water partition coefficient (Wildman–Crippen LogP) is 3.38. The molecule has 1 atom stereocenters. The van der Waals surface area contributed by atoms with Gasteiger partial charge in [0.2, 0.25) is 0 Å². The minimum atomic E-state index is 0.601. The van der Waals surface area contributed by atoms with Crippen molar-refractivity contribution in [3.63, 3.8) is 0 Å². The second kappa shape index (κ2) is 8.06. The summed E-state index contributed by atoms with van der Waals surface area (Å²) < 4.78 is 5.52. The molecule has 1 aliphatic heterocycles. The lowest BCUT2D eigenvalue weighted by Gasteiger charge is -2.21. The highest BCUT2D eigenvalue weighted by Gasteiger charge is 2.11. The molecule has 0 amide bonds. The molecule has 1 aliphatic rings. The Hall–Kier alpha value is -0.0400. The van der Waals surface area contributed by atoms with Gasteiger partial charge in [0.25, 0.3) is 0 Å². The standard InChI is InChI=1S/C8H16O.C2H6/c1-2-5-8-6-3-4-7-9-8;1-2/h8H,2-7H2,1H3;1-2H3. The van der Waals surface area contributed by atoms with Gasteiger partial charge in [-0.05, 0) is 25.7 Å². The van der Waals surface area contributed by atoms with E-state index < -0.39 is 0 Å². The monoisotopic (exact) mass is 158 g/mol. The van der Waals surface area contributed by atoms with Crippen LogP contribution in [0.25, 0.3) is 0 Å². The van der Waals surface area contributed by atoms with E-state index in [1.807, 2.05) is 13.8 Å². The molecule has 1 rings (SSSR count). The first kappa shape index (κ1) is 11.0. The van der Waals surface area contributed by atoms with E-state index in [0.29, 0.717) is 6.10 Å². The first-order valence-corrected chi connectivity index (χ1v) is 5.05. The summed E-state index contributed by atoms with van der Waals surface area (Å²) in [7, 11) is 0. The van der Waals surface area contributed by atoms with Gasteiger partial charge in [0.15, 0.2) is 0 Å². The van der Waals surface area contributed by atoms with E-state index in [9.17, 15) is 0 Å². The lowest BCUT2D eigenvalue weighted by atomic mass is 10.1. The van der Waals surface area contributed by atoms with Crippen molar-refractivity contribution >= 4 is 0 Å². The zero-order chi connectivity index (χ0) is 8.53. The van der Waals surface area contributed by atoms with E-state index in [2.05, 4.69) is 6.92 Å². The lowest BCUT2D eigenvalue weighted by molar-refractivity contribution is 0.0109. The molecule has 0 aromatic carbocycles. The Kier molecular flexibility index (Phi) is 8.03. The van der Waals surface area contributed by atoms with E-state index >= 15 is 0 Å². The van der Waals surface area contributed by atoms with Gasteiger partial charge in [-0.2, -0.15) is 0 Å². The fraction of sp³-hybridized carbons (Fsp3) is 1.00. The Morgan fingerprint density at radius 3 is 2.45 bits per heavy atom. The van der Waals surface area contributed by atoms with E-state index in [1.165, 1.54) is 32.1 Å². The highest BCUT2D eigenvalue weighted by atomic mass is 16.5. The third-order valence-corrected chi connectivity index (χ3v) is 1.88. The molecule has 1 saturated heterocycles. The predicted molar refractivity (Wildman–Crippen MR) is 49.8 cm³/mol. The number of hydrogen-bond acceptors (Lipinski definition) is 1. The minimum absolute atomic E-state index is 0.601. The van der Waals surface area contributed by atoms with Crippen LogP contribution in [0.15, 0.2) is 0 Å². The summed E-state index contributed by atoms with van der Waals surface area (Å²) in [6.45, 7) is 7.22. The number of rotatable bonds is 2. The molecule has 0 aliphatic carbocycles. The van der Waals surface area contributed by atoms with Crippen LogP contribution in [0.5, 0.6) is 0 Å². The van der Waals surface area contributed by atoms with Gasteiger partial charge in [-0.3, -0.25) is 0 Å². The van der Waals surface area contributed by atoms with E-state index in [0.717, 1.165) is 6.61 Å². The summed E-state index contributed by atoms with van der Waals surface area (Å²) in [5.41, 5.74) is 0. The van der Waals surface area contributed by atoms with Crippen molar-refractivity contribution in [1.82, 2.24) is 0 Å². The Balaban J connectivity index is 0.000000461. The van der Waals surface area contributed by atoms with E-state index in [1.54, 1.807) is 0 Å². The van der Waals surface area contributed by atoms with Crippen molar-refractivity contribution in [2.75, 3.05) is 6.61 Å². The highest BCUT2D eigenvalue weighted by molar-refractivity contribution is 4.61. The van der Waals surface area contributed by atoms with Crippen LogP contribution in [-0.2, 0) is 4.74 Å². The van der Waals surface area contributed by atoms with Crippen LogP contribution in [0.1, 0.15) is 52.9 Å². The molecule has 11 heavy (non-hydrogen) atoms. The van der Waals surface area contributed by atoms with Gasteiger partial charge >= 0.3 is 0 Å². The maximum atomic E-state index is 5.52. The summed E-state index contributed by atoms with van der Waals surface area (Å²) in [6, 6.07) is 0. The zero-order valence-electron chi connectivity index (χ0n) is 8.23. The molecule has 0 spiro atoms. The summed E-state index contributed by atoms with van der Waals surface area (Å²) in [4.78, 5) is 0. The molecular formula is C10H22O. The van der Waals surface area contributed by atoms with Crippen molar-refractivity contribution in [1.29, 1.82) is 0 Å². The van der Waals surface area contributed by atoms with Crippen LogP contribution in [0.2, 0.25) is 0 Å². The van der Waals surface area contributed by atoms with Crippen molar-refractivity contribution in [2.45, 2.75) is 59.0 Å². The van der Waals surface area contributed by atoms with Gasteiger partial charge in [0, 0.05) is 6.61 Å². The van der Waals surface area contributed by atoms with Gasteiger partial charge in [-0.25, -0.2) is 0 Å². The maximum absolute atomic E-state index is 5.52. The van der Waals surface area contributed by atoms with Gasteiger partial charge < -0.3 is 4.74 Å². The maximum Gasteiger partial charge on any atom is 0.0575 e. The first-order chi connectivity index (χ1) is 5.43. The fourth-order valence-electron chi connectivity index (χ4n) is 1.36. The molecule has 68 valence electrons. The third kappa shape index (κ3) is 5.25. The Labute approximate surface area is 71.1 Å². The van der Waals surface area contributed by atoms with Crippen LogP contribution in [0.4, 0.5) is 0 Å². The topological polar surface area (TPSA) is 9.23 Å². The van der Waals surface area contributed by atoms with Crippen LogP contribution >= 0.6 is 0 Å². The normalized spacial score (nSPS) is 23.7. The fourth-order valence-corrected chi connectivity index (χ4v) is 1.36. The molecule has 1 heteroatoms. The summed E-state index contributed by atoms with van der Waals surface area (Å²) >= 11 is 0. The van der Waals surface area contributed by atoms with E-state index in [-0.39, 0.29) is 0 Å². The molecule has 0 saturated carbocycles. The zero-order valence-corrected chi connectivity index (χ0v) is 8.23. The van der Waals surface area contributed by atoms with Crippen molar-refractivity contribution < 1.29 is 4.74 Å². The molecule has 1 unspecified atom stereocenters. The summed E-state index contributed by atoms with van der Waals surface area (Å²) in [5, 5.41) is 0. The summed E-state index contributed by atoms with van der Waals surface area (Å²) in [6.07, 6.45) is 7.09. The van der Waals surface area contributed by atoms with Crippen molar-refractivity contribution in [2.24, 2.45) is 0 Å². The average Bonchev–Trinajstić information content (AvgIpc) is 2.11. The van der Waals surface area contributed by atoms with Gasteiger partial charge in [0.1, 0.15) is 0 Å². The quantitative estimate of drug-likeness (QED) is 0.598. The van der Waals surface area contributed by atoms with Crippen LogP contribution in [-0.4, -0.2) is 12.7 Å². The van der Waals surface area contributed by atoms with Crippen molar-refractivity contribution in [3.8, 4) is 0 Å². The molecule has 0 N–H and O–H groups in total. The van der Waals surface area contributed by atoms with E-state index in [4.69, 9.17) is 4.74 Å². The second-order valence-electron chi connectivity index (χ2n) is 2.78. The number of hydrogen-bond donors (Lipinski definition) is 0. The molecule has 0 radical (unpaired) electrons. The Morgan fingerprint density at radius 1 is 1.27 bits per heavy atom. The van der Waals surface area contributed by atoms with Crippen LogP contribution < -0.4 is 0 Å². The SMILES string of the molecule is CC.CCCC1CCCCO1. The minimum Gasteiger partial charge on any atom is -0.378 e. The van der Waals surface area contributed by atoms with Gasteiger partial charge in [-0.15, -0.1) is 0 Å². The molecule has 1 fully saturated rings. The first-order valence-electron chi connectivity index (χ1n) is 5.05. The Bertz CT molecular complexity index is 62.5. The molecular weight excluding hydrogens is 136 g/mol. The molecule has 1 heterocycles. The summed E-state index contributed by atoms with van der Waals surface area (Å²) in [5.74, 6) is 0. The molecule has 0 aromatic rings. The smallest absolute Gasteiger partial charge is 0.0575 e. The molecule has 1 nitrogen and oxygen atoms in total. The second-order valence-corrected chi connectivity index (χ2v) is 2.78. The Morgan fingerprint density at radius 2 is 2.00 bits per heavy atom. The average molecular weight is 158 g/mol. The van der Waals surface area contributed by atoms with Gasteiger partial charge in [0.05, 0.1) is 6.10 Å². The molecule has 0 bridgehead atoms. The van der Waals surface area contributed by atoms with Crippen LogP contribution in [0.3, 0.4) is 0 Å². The highest BCUT2D eigenvalue weighted by Crippen LogP contribution is 2.16. The molecule has 0 aromatic heterocycles. The largest absolute Gasteiger partial charge is 0.378 e. The third-order valence-electron chi connectivity index (χ3n) is 1.88. The lowest BCUT2D eigenvalue weighted by Crippen LogP contribution is -2.18. The van der Waals surface area contributed by atoms with Crippen LogP contribution in [0, 0.1) is 0 Å². The van der Waals surface area contributed by atoms with Crippen molar-refractivity contribution in [3.05, 3.63) is 0 Å². The van der Waals surface area contributed by atoms with Gasteiger partial charge in [-0.1, -0.05) is 27.2 Å².